The molecule has 8 aromatic carbocycles. The second kappa shape index (κ2) is 17.1. The third kappa shape index (κ3) is 9.35. The Kier molecular flexibility index (Phi) is 11.9. The first-order valence-electron chi connectivity index (χ1n) is 17.3. The van der Waals surface area contributed by atoms with E-state index in [4.69, 9.17) is 11.5 Å². The fourth-order valence-corrected chi connectivity index (χ4v) is 6.32. The van der Waals surface area contributed by atoms with E-state index in [2.05, 4.69) is 58.5 Å². The van der Waals surface area contributed by atoms with Gasteiger partial charge in [0.25, 0.3) is 0 Å². The van der Waals surface area contributed by atoms with Crippen molar-refractivity contribution in [3.05, 3.63) is 181 Å². The standard InChI is InChI=1S/2C23H20N2O.Cu/c2*24-22(12-16-6-2-1-3-7-16)23(26)25-21-11-10-19-13-17-8-4-5-9-18(17)14-20(19)15-21;/h2*1-11,13-15,22H,12,24H2,(H,25,26);/q;;+2/p-2. The summed E-state index contributed by atoms with van der Waals surface area (Å²) in [4.78, 5) is 8.44. The minimum atomic E-state index is -0.635. The van der Waals surface area contributed by atoms with Crippen LogP contribution in [0.1, 0.15) is 11.1 Å². The Bertz CT molecular complexity index is 2360. The van der Waals surface area contributed by atoms with Crippen LogP contribution in [0.5, 0.6) is 0 Å². The molecule has 2 atom stereocenters. The van der Waals surface area contributed by atoms with Gasteiger partial charge in [-0.2, -0.15) is 0 Å². The van der Waals surface area contributed by atoms with Crippen molar-refractivity contribution in [2.24, 2.45) is 21.5 Å². The Hall–Kier alpha value is -5.82. The predicted octanol–water partition coefficient (Wildman–Crippen LogP) is 7.90. The summed E-state index contributed by atoms with van der Waals surface area (Å²) in [7, 11) is 0. The maximum absolute atomic E-state index is 12.4. The molecule has 7 heteroatoms. The van der Waals surface area contributed by atoms with Gasteiger partial charge in [-0.15, -0.1) is 0 Å². The maximum atomic E-state index is 12.4. The van der Waals surface area contributed by atoms with Crippen LogP contribution < -0.4 is 21.7 Å². The molecule has 0 spiro atoms. The monoisotopic (exact) mass is 741 g/mol. The molecular weight excluding hydrogens is 704 g/mol. The molecule has 2 unspecified atom stereocenters. The number of nitrogens with two attached hydrogens (primary N) is 2. The van der Waals surface area contributed by atoms with Crippen molar-refractivity contribution in [3.8, 4) is 0 Å². The van der Waals surface area contributed by atoms with Crippen molar-refractivity contribution in [1.29, 1.82) is 0 Å². The van der Waals surface area contributed by atoms with Crippen molar-refractivity contribution in [1.82, 2.24) is 0 Å². The molecule has 0 aliphatic carbocycles. The number of hydrogen-bond acceptors (Lipinski definition) is 6. The summed E-state index contributed by atoms with van der Waals surface area (Å²) in [6.07, 6.45) is 0.975. The molecule has 0 amide bonds. The Morgan fingerprint density at radius 1 is 0.396 bits per heavy atom. The number of aliphatic imine (C=N–C) groups is 2. The van der Waals surface area contributed by atoms with Crippen LogP contribution in [-0.4, -0.2) is 23.9 Å². The maximum Gasteiger partial charge on any atom is 2.00 e. The van der Waals surface area contributed by atoms with E-state index in [1.54, 1.807) is 0 Å². The average Bonchev–Trinajstić information content (AvgIpc) is 3.17. The van der Waals surface area contributed by atoms with Crippen LogP contribution in [-0.2, 0) is 29.9 Å². The summed E-state index contributed by atoms with van der Waals surface area (Å²) in [5, 5.41) is 33.9. The number of nitrogens with zero attached hydrogens (tertiary/aromatic N) is 2. The fourth-order valence-electron chi connectivity index (χ4n) is 6.32. The minimum absolute atomic E-state index is 0. The molecule has 1 radical (unpaired) electrons. The zero-order valence-electron chi connectivity index (χ0n) is 28.9. The van der Waals surface area contributed by atoms with Crippen molar-refractivity contribution < 1.29 is 27.3 Å². The van der Waals surface area contributed by atoms with E-state index >= 15 is 0 Å². The summed E-state index contributed by atoms with van der Waals surface area (Å²) < 4.78 is 0. The Labute approximate surface area is 319 Å². The first-order chi connectivity index (χ1) is 25.4. The van der Waals surface area contributed by atoms with Crippen LogP contribution in [0.3, 0.4) is 0 Å². The smallest absolute Gasteiger partial charge is 0.861 e. The van der Waals surface area contributed by atoms with Gasteiger partial charge in [-0.25, -0.2) is 0 Å². The van der Waals surface area contributed by atoms with E-state index in [9.17, 15) is 10.2 Å². The first-order valence-corrected chi connectivity index (χ1v) is 17.3. The normalized spacial score (nSPS) is 12.9. The van der Waals surface area contributed by atoms with Crippen LogP contribution in [0.2, 0.25) is 0 Å². The van der Waals surface area contributed by atoms with E-state index in [0.717, 1.165) is 32.7 Å². The van der Waals surface area contributed by atoms with Gasteiger partial charge < -0.3 is 21.7 Å². The topological polar surface area (TPSA) is 123 Å². The van der Waals surface area contributed by atoms with E-state index in [-0.39, 0.29) is 28.9 Å². The van der Waals surface area contributed by atoms with Crippen LogP contribution in [0.25, 0.3) is 43.1 Å². The van der Waals surface area contributed by atoms with Crippen LogP contribution >= 0.6 is 0 Å². The van der Waals surface area contributed by atoms with Crippen LogP contribution in [0, 0.1) is 0 Å². The minimum Gasteiger partial charge on any atom is -0.861 e. The molecule has 0 bridgehead atoms. The predicted molar refractivity (Wildman–Crippen MR) is 213 cm³/mol. The molecule has 4 N–H and O–H groups in total. The van der Waals surface area contributed by atoms with Crippen LogP contribution in [0.4, 0.5) is 11.4 Å². The van der Waals surface area contributed by atoms with Crippen LogP contribution in [0.15, 0.2) is 180 Å². The van der Waals surface area contributed by atoms with E-state index in [0.29, 0.717) is 24.2 Å². The van der Waals surface area contributed by atoms with E-state index in [1.165, 1.54) is 21.5 Å². The molecule has 0 saturated heterocycles. The number of rotatable bonds is 8. The zero-order valence-corrected chi connectivity index (χ0v) is 29.8. The molecule has 0 aliphatic rings. The first kappa shape index (κ1) is 37.0. The second-order valence-corrected chi connectivity index (χ2v) is 13.0. The third-order valence-electron chi connectivity index (χ3n) is 9.09. The molecule has 0 heterocycles. The molecule has 8 rings (SSSR count). The molecule has 0 aromatic heterocycles. The quantitative estimate of drug-likeness (QED) is 0.0712. The molecule has 0 saturated carbocycles. The Balaban J connectivity index is 0.000000178. The molecule has 53 heavy (non-hydrogen) atoms. The van der Waals surface area contributed by atoms with Gasteiger partial charge in [-0.1, -0.05) is 121 Å². The van der Waals surface area contributed by atoms with Gasteiger partial charge in [0.2, 0.25) is 0 Å². The molecule has 0 aliphatic heterocycles. The largest absolute Gasteiger partial charge is 2.00 e. The Morgan fingerprint density at radius 2 is 0.698 bits per heavy atom. The van der Waals surface area contributed by atoms with Gasteiger partial charge >= 0.3 is 17.1 Å². The second-order valence-electron chi connectivity index (χ2n) is 13.0. The summed E-state index contributed by atoms with van der Waals surface area (Å²) in [5.41, 5.74) is 15.4. The van der Waals surface area contributed by atoms with Gasteiger partial charge in [0.05, 0.1) is 11.4 Å². The molecule has 6 nitrogen and oxygen atoms in total. The summed E-state index contributed by atoms with van der Waals surface area (Å²) in [6.45, 7) is 0. The SMILES string of the molecule is NC(Cc1ccccc1)C([O-])=Nc1ccc2cc3ccccc3cc2c1.NC(Cc1ccccc1)C([O-])=Nc1ccc2cc3ccccc3cc2c1.[Cu+2]. The van der Waals surface area contributed by atoms with Crippen molar-refractivity contribution in [2.45, 2.75) is 24.9 Å². The number of benzene rings is 8. The van der Waals surface area contributed by atoms with E-state index < -0.39 is 12.1 Å². The number of hydrogen-bond donors (Lipinski definition) is 2. The molecule has 8 aromatic rings. The van der Waals surface area contributed by atoms with Gasteiger partial charge in [0.1, 0.15) is 0 Å². The van der Waals surface area contributed by atoms with Gasteiger partial charge in [-0.05, 0) is 127 Å². The van der Waals surface area contributed by atoms with Gasteiger partial charge in [0.15, 0.2) is 0 Å². The van der Waals surface area contributed by atoms with E-state index in [1.807, 2.05) is 121 Å². The van der Waals surface area contributed by atoms with Crippen molar-refractivity contribution in [3.63, 3.8) is 0 Å². The zero-order chi connectivity index (χ0) is 35.9. The third-order valence-corrected chi connectivity index (χ3v) is 9.09. The summed E-state index contributed by atoms with van der Waals surface area (Å²) in [6, 6.07) is 54.9. The van der Waals surface area contributed by atoms with Crippen molar-refractivity contribution >= 4 is 66.3 Å². The summed E-state index contributed by atoms with van der Waals surface area (Å²) >= 11 is 0. The average molecular weight is 742 g/mol. The number of fused-ring (bicyclic) bond motifs is 4. The molecular formula is C46H38CuN4O2. The summed E-state index contributed by atoms with van der Waals surface area (Å²) in [5.74, 6) is -0.594. The van der Waals surface area contributed by atoms with Gasteiger partial charge in [0, 0.05) is 12.1 Å². The fraction of sp³-hybridized carbons (Fsp3) is 0.0870. The van der Waals surface area contributed by atoms with Crippen molar-refractivity contribution in [2.75, 3.05) is 0 Å². The van der Waals surface area contributed by atoms with Gasteiger partial charge in [-0.3, -0.25) is 9.98 Å². The Morgan fingerprint density at radius 3 is 1.06 bits per heavy atom. The molecule has 265 valence electrons. The molecule has 0 fully saturated rings.